The smallest absolute Gasteiger partial charge is 0.309 e. The lowest BCUT2D eigenvalue weighted by atomic mass is 10.3. The molecule has 0 aliphatic carbocycles. The van der Waals surface area contributed by atoms with E-state index in [1.165, 1.54) is 6.92 Å². The molecule has 0 bridgehead atoms. The van der Waals surface area contributed by atoms with Gasteiger partial charge in [-0.05, 0) is 13.8 Å². The SMILES string of the molecule is CC(=O)O[C@H](CI)CC(=O)OC(C)C. The number of hydrogen-bond donors (Lipinski definition) is 0. The van der Waals surface area contributed by atoms with Gasteiger partial charge in [0.2, 0.25) is 0 Å². The summed E-state index contributed by atoms with van der Waals surface area (Å²) < 4.78 is 10.4. The molecule has 0 radical (unpaired) electrons. The van der Waals surface area contributed by atoms with Crippen molar-refractivity contribution in [2.24, 2.45) is 0 Å². The molecule has 0 saturated heterocycles. The normalized spacial score (nSPS) is 12.4. The van der Waals surface area contributed by atoms with Crippen LogP contribution in [0.15, 0.2) is 0 Å². The third-order valence-corrected chi connectivity index (χ3v) is 2.25. The molecule has 0 aromatic rings. The Morgan fingerprint density at radius 3 is 2.21 bits per heavy atom. The van der Waals surface area contributed by atoms with Crippen molar-refractivity contribution in [2.75, 3.05) is 4.43 Å². The fourth-order valence-corrected chi connectivity index (χ4v) is 1.35. The first-order valence-corrected chi connectivity index (χ1v) is 5.91. The number of hydrogen-bond acceptors (Lipinski definition) is 4. The van der Waals surface area contributed by atoms with Crippen LogP contribution in [-0.2, 0) is 19.1 Å². The molecule has 0 aromatic heterocycles. The monoisotopic (exact) mass is 314 g/mol. The second kappa shape index (κ2) is 7.03. The number of rotatable bonds is 5. The number of carbonyl (C=O) groups excluding carboxylic acids is 2. The van der Waals surface area contributed by atoms with Crippen molar-refractivity contribution in [3.8, 4) is 0 Å². The number of halogens is 1. The molecule has 0 saturated carbocycles. The molecular formula is C9H15IO4. The Morgan fingerprint density at radius 1 is 1.29 bits per heavy atom. The van der Waals surface area contributed by atoms with Gasteiger partial charge in [-0.25, -0.2) is 0 Å². The van der Waals surface area contributed by atoms with Crippen molar-refractivity contribution in [2.45, 2.75) is 39.4 Å². The van der Waals surface area contributed by atoms with E-state index in [1.54, 1.807) is 13.8 Å². The zero-order valence-corrected chi connectivity index (χ0v) is 10.7. The molecule has 4 nitrogen and oxygen atoms in total. The first kappa shape index (κ1) is 13.7. The van der Waals surface area contributed by atoms with Crippen LogP contribution in [0.3, 0.4) is 0 Å². The highest BCUT2D eigenvalue weighted by molar-refractivity contribution is 14.1. The van der Waals surface area contributed by atoms with E-state index in [0.717, 1.165) is 0 Å². The van der Waals surface area contributed by atoms with Crippen LogP contribution >= 0.6 is 22.6 Å². The number of carbonyl (C=O) groups is 2. The van der Waals surface area contributed by atoms with Crippen molar-refractivity contribution in [3.05, 3.63) is 0 Å². The molecule has 0 rings (SSSR count). The summed E-state index contributed by atoms with van der Waals surface area (Å²) in [6.45, 7) is 4.89. The van der Waals surface area contributed by atoms with E-state index in [0.29, 0.717) is 4.43 Å². The van der Waals surface area contributed by atoms with Gasteiger partial charge in [0.15, 0.2) is 0 Å². The number of ether oxygens (including phenoxy) is 2. The molecule has 0 aliphatic rings. The van der Waals surface area contributed by atoms with Crippen molar-refractivity contribution in [3.63, 3.8) is 0 Å². The Hall–Kier alpha value is -0.330. The molecule has 0 aliphatic heterocycles. The van der Waals surface area contributed by atoms with E-state index < -0.39 is 0 Å². The minimum Gasteiger partial charge on any atom is -0.463 e. The lowest BCUT2D eigenvalue weighted by molar-refractivity contribution is -0.154. The fourth-order valence-electron chi connectivity index (χ4n) is 0.859. The predicted molar refractivity (Wildman–Crippen MR) is 60.3 cm³/mol. The minimum atomic E-state index is -0.376. The summed E-state index contributed by atoms with van der Waals surface area (Å²) in [5.41, 5.74) is 0. The molecule has 0 amide bonds. The fraction of sp³-hybridized carbons (Fsp3) is 0.778. The summed E-state index contributed by atoms with van der Waals surface area (Å²) in [5, 5.41) is 0. The summed E-state index contributed by atoms with van der Waals surface area (Å²) in [7, 11) is 0. The van der Waals surface area contributed by atoms with Crippen molar-refractivity contribution in [1.29, 1.82) is 0 Å². The Bertz CT molecular complexity index is 203. The van der Waals surface area contributed by atoms with Gasteiger partial charge >= 0.3 is 11.9 Å². The Balaban J connectivity index is 3.92. The molecule has 5 heteroatoms. The first-order valence-electron chi connectivity index (χ1n) is 4.38. The third kappa shape index (κ3) is 7.11. The van der Waals surface area contributed by atoms with Crippen molar-refractivity contribution >= 4 is 34.5 Å². The van der Waals surface area contributed by atoms with Crippen molar-refractivity contribution in [1.82, 2.24) is 0 Å². The van der Waals surface area contributed by atoms with E-state index in [1.807, 2.05) is 0 Å². The molecule has 0 unspecified atom stereocenters. The molecule has 0 N–H and O–H groups in total. The summed E-state index contributed by atoms with van der Waals surface area (Å²) >= 11 is 2.06. The highest BCUT2D eigenvalue weighted by Gasteiger charge is 2.17. The molecule has 0 fully saturated rings. The van der Waals surface area contributed by atoms with Gasteiger partial charge in [-0.2, -0.15) is 0 Å². The Morgan fingerprint density at radius 2 is 1.86 bits per heavy atom. The van der Waals surface area contributed by atoms with Crippen LogP contribution in [-0.4, -0.2) is 28.6 Å². The van der Waals surface area contributed by atoms with Gasteiger partial charge in [-0.3, -0.25) is 9.59 Å². The second-order valence-corrected chi connectivity index (χ2v) is 4.01. The van der Waals surface area contributed by atoms with Crippen LogP contribution in [0.4, 0.5) is 0 Å². The van der Waals surface area contributed by atoms with Gasteiger partial charge in [0.05, 0.1) is 12.5 Å². The van der Waals surface area contributed by atoms with Crippen LogP contribution in [0.2, 0.25) is 0 Å². The summed E-state index contributed by atoms with van der Waals surface area (Å²) in [4.78, 5) is 21.8. The Labute approximate surface area is 97.5 Å². The van der Waals surface area contributed by atoms with Gasteiger partial charge in [-0.15, -0.1) is 0 Å². The number of esters is 2. The molecule has 0 spiro atoms. The highest BCUT2D eigenvalue weighted by atomic mass is 127. The lowest BCUT2D eigenvalue weighted by Gasteiger charge is -2.14. The van der Waals surface area contributed by atoms with Gasteiger partial charge in [0, 0.05) is 11.4 Å². The van der Waals surface area contributed by atoms with E-state index in [2.05, 4.69) is 22.6 Å². The average molecular weight is 314 g/mol. The quantitative estimate of drug-likeness (QED) is 0.440. The van der Waals surface area contributed by atoms with E-state index in [9.17, 15) is 9.59 Å². The van der Waals surface area contributed by atoms with Crippen LogP contribution in [0.1, 0.15) is 27.2 Å². The van der Waals surface area contributed by atoms with Gasteiger partial charge < -0.3 is 9.47 Å². The van der Waals surface area contributed by atoms with E-state index in [4.69, 9.17) is 9.47 Å². The Kier molecular flexibility index (Phi) is 6.86. The zero-order valence-electron chi connectivity index (χ0n) is 8.58. The summed E-state index contributed by atoms with van der Waals surface area (Å²) in [6.07, 6.45) is -0.380. The minimum absolute atomic E-state index is 0.126. The maximum Gasteiger partial charge on any atom is 0.309 e. The van der Waals surface area contributed by atoms with Crippen LogP contribution < -0.4 is 0 Å². The van der Waals surface area contributed by atoms with Gasteiger partial charge in [-0.1, -0.05) is 22.6 Å². The molecule has 82 valence electrons. The van der Waals surface area contributed by atoms with E-state index in [-0.39, 0.29) is 30.6 Å². The third-order valence-electron chi connectivity index (χ3n) is 1.27. The topological polar surface area (TPSA) is 52.6 Å². The van der Waals surface area contributed by atoms with Crippen LogP contribution in [0.25, 0.3) is 0 Å². The maximum atomic E-state index is 11.2. The second-order valence-electron chi connectivity index (χ2n) is 3.13. The van der Waals surface area contributed by atoms with Gasteiger partial charge in [0.1, 0.15) is 6.10 Å². The van der Waals surface area contributed by atoms with Crippen LogP contribution in [0, 0.1) is 0 Å². The molecular weight excluding hydrogens is 299 g/mol. The van der Waals surface area contributed by atoms with E-state index >= 15 is 0 Å². The maximum absolute atomic E-state index is 11.2. The first-order chi connectivity index (χ1) is 6.45. The highest BCUT2D eigenvalue weighted by Crippen LogP contribution is 2.06. The van der Waals surface area contributed by atoms with Gasteiger partial charge in [0.25, 0.3) is 0 Å². The zero-order chi connectivity index (χ0) is 11.1. The summed E-state index contributed by atoms with van der Waals surface area (Å²) in [5.74, 6) is -0.702. The molecule has 14 heavy (non-hydrogen) atoms. The van der Waals surface area contributed by atoms with Crippen molar-refractivity contribution < 1.29 is 19.1 Å². The number of alkyl halides is 1. The molecule has 0 aromatic carbocycles. The lowest BCUT2D eigenvalue weighted by Crippen LogP contribution is -2.24. The molecule has 1 atom stereocenters. The standard InChI is InChI=1S/C9H15IO4/c1-6(2)13-9(12)4-8(5-10)14-7(3)11/h6,8H,4-5H2,1-3H3/t8-/m0/s1. The largest absolute Gasteiger partial charge is 0.463 e. The molecule has 0 heterocycles. The average Bonchev–Trinajstić information content (AvgIpc) is 2.00. The summed E-state index contributed by atoms with van der Waals surface area (Å²) in [6, 6.07) is 0. The predicted octanol–water partition coefficient (Wildman–Crippen LogP) is 1.69. The van der Waals surface area contributed by atoms with Crippen LogP contribution in [0.5, 0.6) is 0 Å².